The van der Waals surface area contributed by atoms with Gasteiger partial charge >= 0.3 is 5.97 Å². The van der Waals surface area contributed by atoms with Gasteiger partial charge in [0.25, 0.3) is 11.8 Å². The molecule has 2 rings (SSSR count). The monoisotopic (exact) mass is 402 g/mol. The average Bonchev–Trinajstić information content (AvgIpc) is 3.24. The predicted octanol–water partition coefficient (Wildman–Crippen LogP) is 2.44. The van der Waals surface area contributed by atoms with Crippen molar-refractivity contribution < 1.29 is 28.3 Å². The molecule has 1 unspecified atom stereocenters. The zero-order chi connectivity index (χ0) is 21.1. The highest BCUT2D eigenvalue weighted by molar-refractivity contribution is 5.96. The Morgan fingerprint density at radius 2 is 1.86 bits per heavy atom. The molecule has 0 spiro atoms. The van der Waals surface area contributed by atoms with Crippen molar-refractivity contribution in [2.45, 2.75) is 39.3 Å². The van der Waals surface area contributed by atoms with E-state index in [2.05, 4.69) is 17.6 Å². The van der Waals surface area contributed by atoms with Gasteiger partial charge in [0.1, 0.15) is 18.1 Å². The van der Waals surface area contributed by atoms with E-state index in [9.17, 15) is 14.4 Å². The molecule has 0 saturated carbocycles. The Labute approximate surface area is 169 Å². The number of amides is 2. The smallest absolute Gasteiger partial charge is 0.326 e. The Bertz CT molecular complexity index is 786. The number of furan rings is 1. The summed E-state index contributed by atoms with van der Waals surface area (Å²) in [5.41, 5.74) is 0.393. The number of ether oxygens (including phenoxy) is 2. The highest BCUT2D eigenvalue weighted by Gasteiger charge is 2.18. The Kier molecular flexibility index (Phi) is 8.75. The van der Waals surface area contributed by atoms with Gasteiger partial charge in [-0.3, -0.25) is 14.4 Å². The van der Waals surface area contributed by atoms with Crippen LogP contribution in [0.4, 0.5) is 0 Å². The summed E-state index contributed by atoms with van der Waals surface area (Å²) in [6.45, 7) is 4.01. The van der Waals surface area contributed by atoms with Gasteiger partial charge in [-0.1, -0.05) is 13.3 Å². The van der Waals surface area contributed by atoms with Crippen LogP contribution in [0.5, 0.6) is 5.75 Å². The van der Waals surface area contributed by atoms with Crippen molar-refractivity contribution in [2.75, 3.05) is 13.2 Å². The van der Waals surface area contributed by atoms with E-state index in [1.807, 2.05) is 0 Å². The van der Waals surface area contributed by atoms with E-state index in [1.54, 1.807) is 36.4 Å². The maximum atomic E-state index is 12.1. The molecule has 0 radical (unpaired) electrons. The molecule has 1 atom stereocenters. The van der Waals surface area contributed by atoms with Crippen molar-refractivity contribution in [3.8, 4) is 5.75 Å². The molecule has 0 bridgehead atoms. The minimum absolute atomic E-state index is 0.197. The fourth-order valence-corrected chi connectivity index (χ4v) is 2.31. The summed E-state index contributed by atoms with van der Waals surface area (Å²) in [4.78, 5) is 35.9. The second-order valence-corrected chi connectivity index (χ2v) is 6.34. The maximum absolute atomic E-state index is 12.1. The maximum Gasteiger partial charge on any atom is 0.326 e. The van der Waals surface area contributed by atoms with E-state index >= 15 is 0 Å². The number of esters is 1. The second kappa shape index (κ2) is 11.5. The van der Waals surface area contributed by atoms with Gasteiger partial charge < -0.3 is 24.5 Å². The highest BCUT2D eigenvalue weighted by atomic mass is 16.5. The first-order valence-corrected chi connectivity index (χ1v) is 9.50. The molecule has 8 heteroatoms. The van der Waals surface area contributed by atoms with Crippen molar-refractivity contribution >= 4 is 17.8 Å². The number of benzene rings is 1. The highest BCUT2D eigenvalue weighted by Crippen LogP contribution is 2.12. The normalized spacial score (nSPS) is 11.4. The number of hydrogen-bond donors (Lipinski definition) is 2. The average molecular weight is 402 g/mol. The zero-order valence-electron chi connectivity index (χ0n) is 16.6. The van der Waals surface area contributed by atoms with Crippen LogP contribution in [0.3, 0.4) is 0 Å². The summed E-state index contributed by atoms with van der Waals surface area (Å²) in [5, 5.41) is 5.06. The lowest BCUT2D eigenvalue weighted by molar-refractivity contribution is -0.153. The Balaban J connectivity index is 1.70. The van der Waals surface area contributed by atoms with E-state index in [0.717, 1.165) is 12.8 Å². The first kappa shape index (κ1) is 22.0. The number of hydrogen-bond acceptors (Lipinski definition) is 6. The van der Waals surface area contributed by atoms with Gasteiger partial charge in [-0.25, -0.2) is 0 Å². The molecule has 2 aromatic rings. The topological polar surface area (TPSA) is 107 Å². The Morgan fingerprint density at radius 3 is 2.52 bits per heavy atom. The molecule has 1 heterocycles. The molecule has 2 amide bonds. The standard InChI is InChI=1S/C21H26N2O6/c1-3-4-11-27-17-9-7-16(8-10-17)21(26)23-14-19(24)29-15(2)20(25)22-13-18-6-5-12-28-18/h5-10,12,15H,3-4,11,13-14H2,1-2H3,(H,22,25)(H,23,26). The van der Waals surface area contributed by atoms with Crippen molar-refractivity contribution in [2.24, 2.45) is 0 Å². The number of carbonyl (C=O) groups excluding carboxylic acids is 3. The molecule has 0 aliphatic carbocycles. The van der Waals surface area contributed by atoms with E-state index in [1.165, 1.54) is 13.2 Å². The molecule has 1 aromatic carbocycles. The Morgan fingerprint density at radius 1 is 1.10 bits per heavy atom. The summed E-state index contributed by atoms with van der Waals surface area (Å²) in [5.74, 6) is -0.315. The number of rotatable bonds is 11. The summed E-state index contributed by atoms with van der Waals surface area (Å²) in [6.07, 6.45) is 2.51. The van der Waals surface area contributed by atoms with Crippen molar-refractivity contribution in [1.82, 2.24) is 10.6 Å². The van der Waals surface area contributed by atoms with Crippen LogP contribution in [0, 0.1) is 0 Å². The largest absolute Gasteiger partial charge is 0.494 e. The second-order valence-electron chi connectivity index (χ2n) is 6.34. The first-order valence-electron chi connectivity index (χ1n) is 9.50. The Hall–Kier alpha value is -3.29. The lowest BCUT2D eigenvalue weighted by Gasteiger charge is -2.13. The van der Waals surface area contributed by atoms with Gasteiger partial charge in [-0.15, -0.1) is 0 Å². The van der Waals surface area contributed by atoms with E-state index in [0.29, 0.717) is 23.7 Å². The lowest BCUT2D eigenvalue weighted by Crippen LogP contribution is -2.38. The van der Waals surface area contributed by atoms with Crippen molar-refractivity contribution in [3.05, 3.63) is 54.0 Å². The molecule has 0 aliphatic heterocycles. The van der Waals surface area contributed by atoms with Crippen LogP contribution in [0.2, 0.25) is 0 Å². The quantitative estimate of drug-likeness (QED) is 0.442. The van der Waals surface area contributed by atoms with Crippen LogP contribution in [0.15, 0.2) is 47.1 Å². The number of carbonyl (C=O) groups is 3. The van der Waals surface area contributed by atoms with Crippen LogP contribution in [0.1, 0.15) is 42.8 Å². The minimum Gasteiger partial charge on any atom is -0.494 e. The first-order chi connectivity index (χ1) is 14.0. The van der Waals surface area contributed by atoms with Crippen LogP contribution in [0.25, 0.3) is 0 Å². The number of unbranched alkanes of at least 4 members (excludes halogenated alkanes) is 1. The molecule has 0 saturated heterocycles. The molecular weight excluding hydrogens is 376 g/mol. The molecule has 156 valence electrons. The molecule has 8 nitrogen and oxygen atoms in total. The minimum atomic E-state index is -0.992. The SMILES string of the molecule is CCCCOc1ccc(C(=O)NCC(=O)OC(C)C(=O)NCc2ccco2)cc1. The summed E-state index contributed by atoms with van der Waals surface area (Å²) in [6, 6.07) is 10.1. The third kappa shape index (κ3) is 7.69. The fraction of sp³-hybridized carbons (Fsp3) is 0.381. The van der Waals surface area contributed by atoms with Crippen molar-refractivity contribution in [1.29, 1.82) is 0 Å². The van der Waals surface area contributed by atoms with Crippen LogP contribution in [-0.2, 0) is 20.9 Å². The van der Waals surface area contributed by atoms with Gasteiger partial charge in [-0.05, 0) is 49.7 Å². The van der Waals surface area contributed by atoms with Crippen LogP contribution in [-0.4, -0.2) is 37.0 Å². The fourth-order valence-electron chi connectivity index (χ4n) is 2.31. The van der Waals surface area contributed by atoms with E-state index in [4.69, 9.17) is 13.9 Å². The van der Waals surface area contributed by atoms with Crippen LogP contribution < -0.4 is 15.4 Å². The van der Waals surface area contributed by atoms with E-state index < -0.39 is 23.9 Å². The van der Waals surface area contributed by atoms with E-state index in [-0.39, 0.29) is 13.1 Å². The summed E-state index contributed by atoms with van der Waals surface area (Å²) in [7, 11) is 0. The third-order valence-electron chi connectivity index (χ3n) is 3.97. The molecule has 0 aliphatic rings. The van der Waals surface area contributed by atoms with Gasteiger partial charge in [-0.2, -0.15) is 0 Å². The number of nitrogens with one attached hydrogen (secondary N) is 2. The van der Waals surface area contributed by atoms with Gasteiger partial charge in [0.05, 0.1) is 19.4 Å². The molecule has 1 aromatic heterocycles. The van der Waals surface area contributed by atoms with Gasteiger partial charge in [0, 0.05) is 5.56 Å². The molecular formula is C21H26N2O6. The third-order valence-corrected chi connectivity index (χ3v) is 3.97. The molecule has 0 fully saturated rings. The van der Waals surface area contributed by atoms with Crippen LogP contribution >= 0.6 is 0 Å². The predicted molar refractivity (Wildman–Crippen MR) is 105 cm³/mol. The summed E-state index contributed by atoms with van der Waals surface area (Å²) < 4.78 is 15.7. The molecule has 29 heavy (non-hydrogen) atoms. The zero-order valence-corrected chi connectivity index (χ0v) is 16.6. The lowest BCUT2D eigenvalue weighted by atomic mass is 10.2. The van der Waals surface area contributed by atoms with Gasteiger partial charge in [0.2, 0.25) is 0 Å². The summed E-state index contributed by atoms with van der Waals surface area (Å²) >= 11 is 0. The van der Waals surface area contributed by atoms with Gasteiger partial charge in [0.15, 0.2) is 6.10 Å². The van der Waals surface area contributed by atoms with Crippen molar-refractivity contribution in [3.63, 3.8) is 0 Å². The molecule has 2 N–H and O–H groups in total.